The van der Waals surface area contributed by atoms with Gasteiger partial charge in [0, 0.05) is 23.2 Å². The number of aryl methyl sites for hydroxylation is 1. The van der Waals surface area contributed by atoms with Gasteiger partial charge in [-0.2, -0.15) is 0 Å². The van der Waals surface area contributed by atoms with Gasteiger partial charge < -0.3 is 10.2 Å². The highest BCUT2D eigenvalue weighted by Gasteiger charge is 2.12. The largest absolute Gasteiger partial charge is 0.423 e. The molecule has 1 heterocycles. The van der Waals surface area contributed by atoms with E-state index in [2.05, 4.69) is 52.6 Å². The summed E-state index contributed by atoms with van der Waals surface area (Å²) < 4.78 is 5.43. The Morgan fingerprint density at radius 3 is 2.50 bits per heavy atom. The zero-order chi connectivity index (χ0) is 20.8. The molecule has 4 nitrogen and oxygen atoms in total. The predicted molar refractivity (Wildman–Crippen MR) is 122 cm³/mol. The minimum atomic E-state index is -0.322. The van der Waals surface area contributed by atoms with E-state index < -0.39 is 0 Å². The van der Waals surface area contributed by atoms with E-state index in [9.17, 15) is 4.79 Å². The van der Waals surface area contributed by atoms with Gasteiger partial charge in [0.05, 0.1) is 0 Å². The summed E-state index contributed by atoms with van der Waals surface area (Å²) in [4.78, 5) is 16.6. The molecule has 2 rings (SSSR count). The topological polar surface area (TPSA) is 68.6 Å². The first-order valence-electron chi connectivity index (χ1n) is 10.2. The third kappa shape index (κ3) is 6.40. The highest BCUT2D eigenvalue weighted by molar-refractivity contribution is 8.13. The third-order valence-corrected chi connectivity index (χ3v) is 5.82. The fourth-order valence-corrected chi connectivity index (χ4v) is 4.22. The number of hydrogen-bond acceptors (Lipinski definition) is 4. The Hall–Kier alpha value is -1.75. The van der Waals surface area contributed by atoms with E-state index in [1.807, 2.05) is 6.07 Å². The van der Waals surface area contributed by atoms with Crippen LogP contribution in [0.2, 0.25) is 0 Å². The number of thioether (sulfide) groups is 1. The van der Waals surface area contributed by atoms with Gasteiger partial charge in [0.25, 0.3) is 0 Å². The first kappa shape index (κ1) is 22.5. The normalized spacial score (nSPS) is 13.6. The van der Waals surface area contributed by atoms with Crippen LogP contribution in [0.5, 0.6) is 0 Å². The molecule has 0 bridgehead atoms. The fourth-order valence-electron chi connectivity index (χ4n) is 3.43. The van der Waals surface area contributed by atoms with Crippen LogP contribution in [-0.2, 0) is 5.75 Å². The average molecular weight is 403 g/mol. The van der Waals surface area contributed by atoms with Crippen LogP contribution in [-0.4, -0.2) is 11.2 Å². The number of benzene rings is 1. The van der Waals surface area contributed by atoms with Crippen molar-refractivity contribution in [3.8, 4) is 0 Å². The van der Waals surface area contributed by atoms with Crippen LogP contribution >= 0.6 is 11.8 Å². The van der Waals surface area contributed by atoms with Crippen molar-refractivity contribution in [1.29, 1.82) is 0 Å². The third-order valence-electron chi connectivity index (χ3n) is 4.97. The molecule has 0 radical (unpaired) electrons. The fraction of sp³-hybridized carbons (Fsp3) is 0.565. The van der Waals surface area contributed by atoms with Crippen molar-refractivity contribution in [2.24, 2.45) is 16.6 Å². The molecule has 154 valence electrons. The quantitative estimate of drug-likeness (QED) is 0.335. The molecular formula is C23H34N2O2S. The Kier molecular flexibility index (Phi) is 8.17. The number of aliphatic imine (C=N–C) groups is 1. The molecule has 0 aliphatic carbocycles. The van der Waals surface area contributed by atoms with Gasteiger partial charge in [0.15, 0.2) is 5.17 Å². The van der Waals surface area contributed by atoms with Gasteiger partial charge >= 0.3 is 5.63 Å². The molecule has 0 amide bonds. The Labute approximate surface area is 173 Å². The van der Waals surface area contributed by atoms with Gasteiger partial charge in [-0.05, 0) is 60.9 Å². The lowest BCUT2D eigenvalue weighted by Gasteiger charge is -2.13. The van der Waals surface area contributed by atoms with E-state index in [4.69, 9.17) is 10.2 Å². The second kappa shape index (κ2) is 10.1. The first-order valence-corrected chi connectivity index (χ1v) is 11.2. The number of fused-ring (bicyclic) bond motifs is 1. The van der Waals surface area contributed by atoms with Crippen molar-refractivity contribution < 1.29 is 4.42 Å². The smallest absolute Gasteiger partial charge is 0.336 e. The van der Waals surface area contributed by atoms with Crippen molar-refractivity contribution in [3.05, 3.63) is 45.3 Å². The minimum Gasteiger partial charge on any atom is -0.423 e. The van der Waals surface area contributed by atoms with E-state index in [0.717, 1.165) is 28.9 Å². The number of nitrogens with zero attached hydrogens (tertiary/aromatic N) is 1. The second-order valence-electron chi connectivity index (χ2n) is 8.38. The number of amidine groups is 1. The second-order valence-corrected chi connectivity index (χ2v) is 9.38. The molecule has 0 aliphatic heterocycles. The van der Waals surface area contributed by atoms with Gasteiger partial charge in [-0.25, -0.2) is 4.79 Å². The van der Waals surface area contributed by atoms with Crippen molar-refractivity contribution in [2.75, 3.05) is 0 Å². The summed E-state index contributed by atoms with van der Waals surface area (Å²) in [7, 11) is 0. The summed E-state index contributed by atoms with van der Waals surface area (Å²) in [5, 5.41) is 1.56. The zero-order valence-electron chi connectivity index (χ0n) is 18.0. The Morgan fingerprint density at radius 1 is 1.14 bits per heavy atom. The van der Waals surface area contributed by atoms with Crippen molar-refractivity contribution in [3.63, 3.8) is 0 Å². The van der Waals surface area contributed by atoms with Gasteiger partial charge in [0.1, 0.15) is 5.58 Å². The Balaban J connectivity index is 2.15. The van der Waals surface area contributed by atoms with Gasteiger partial charge in [-0.15, -0.1) is 0 Å². The first-order chi connectivity index (χ1) is 13.2. The molecule has 0 spiro atoms. The molecule has 1 aromatic heterocycles. The monoisotopic (exact) mass is 402 g/mol. The molecule has 0 saturated heterocycles. The van der Waals surface area contributed by atoms with Gasteiger partial charge in [-0.3, -0.25) is 4.99 Å². The summed E-state index contributed by atoms with van der Waals surface area (Å²) in [6.45, 7) is 13.0. The molecule has 2 N–H and O–H groups in total. The maximum Gasteiger partial charge on any atom is 0.336 e. The standard InChI is InChI=1S/C23H34N2O2S/c1-14(2)8-7-9-17(6)25-23(24)28-13-18-11-22(26)27-21-10-16(5)19(15(3)4)12-20(18)21/h10-12,14-15,17H,7-9,13H2,1-6H3,(H2,24,25)/t17-/m0/s1. The molecule has 1 aromatic carbocycles. The van der Waals surface area contributed by atoms with E-state index in [0.29, 0.717) is 22.4 Å². The van der Waals surface area contributed by atoms with E-state index in [1.54, 1.807) is 6.07 Å². The SMILES string of the molecule is Cc1cc2oc(=O)cc(CSC(N)=N[C@@H](C)CCCC(C)C)c2cc1C(C)C. The van der Waals surface area contributed by atoms with Gasteiger partial charge in [0.2, 0.25) is 0 Å². The van der Waals surface area contributed by atoms with Crippen molar-refractivity contribution in [1.82, 2.24) is 0 Å². The summed E-state index contributed by atoms with van der Waals surface area (Å²) in [5.41, 5.74) is 9.83. The number of rotatable bonds is 8. The van der Waals surface area contributed by atoms with Crippen LogP contribution in [0.3, 0.4) is 0 Å². The van der Waals surface area contributed by atoms with E-state index >= 15 is 0 Å². The van der Waals surface area contributed by atoms with Crippen LogP contribution < -0.4 is 11.4 Å². The van der Waals surface area contributed by atoms with Gasteiger partial charge in [-0.1, -0.05) is 52.3 Å². The molecule has 0 aliphatic rings. The van der Waals surface area contributed by atoms with E-state index in [-0.39, 0.29) is 11.7 Å². The zero-order valence-corrected chi connectivity index (χ0v) is 18.9. The molecule has 0 fully saturated rings. The summed E-state index contributed by atoms with van der Waals surface area (Å²) in [5.74, 6) is 1.74. The summed E-state index contributed by atoms with van der Waals surface area (Å²) >= 11 is 1.49. The number of nitrogens with two attached hydrogens (primary N) is 1. The van der Waals surface area contributed by atoms with Crippen molar-refractivity contribution >= 4 is 27.9 Å². The van der Waals surface area contributed by atoms with Crippen LogP contribution in [0.1, 0.15) is 76.5 Å². The van der Waals surface area contributed by atoms with E-state index in [1.165, 1.54) is 30.2 Å². The van der Waals surface area contributed by atoms with Crippen LogP contribution in [0.4, 0.5) is 0 Å². The van der Waals surface area contributed by atoms with Crippen LogP contribution in [0.25, 0.3) is 11.0 Å². The van der Waals surface area contributed by atoms with Crippen molar-refractivity contribution in [2.45, 2.75) is 78.5 Å². The lowest BCUT2D eigenvalue weighted by Crippen LogP contribution is -2.12. The summed E-state index contributed by atoms with van der Waals surface area (Å²) in [6, 6.07) is 5.91. The maximum atomic E-state index is 12.0. The average Bonchev–Trinajstić information content (AvgIpc) is 2.58. The maximum absolute atomic E-state index is 12.0. The Morgan fingerprint density at radius 2 is 1.86 bits per heavy atom. The molecule has 1 atom stereocenters. The molecule has 0 saturated carbocycles. The molecular weight excluding hydrogens is 368 g/mol. The highest BCUT2D eigenvalue weighted by atomic mass is 32.2. The predicted octanol–water partition coefficient (Wildman–Crippen LogP) is 5.99. The Bertz CT molecular complexity index is 884. The lowest BCUT2D eigenvalue weighted by atomic mass is 9.95. The highest BCUT2D eigenvalue weighted by Crippen LogP contribution is 2.28. The minimum absolute atomic E-state index is 0.221. The lowest BCUT2D eigenvalue weighted by molar-refractivity contribution is 0.512. The van der Waals surface area contributed by atoms with Crippen LogP contribution in [0, 0.1) is 12.8 Å². The van der Waals surface area contributed by atoms with Crippen LogP contribution in [0.15, 0.2) is 32.4 Å². The molecule has 2 aromatic rings. The molecule has 5 heteroatoms. The summed E-state index contributed by atoms with van der Waals surface area (Å²) in [6.07, 6.45) is 3.44. The molecule has 28 heavy (non-hydrogen) atoms. The number of hydrogen-bond donors (Lipinski definition) is 1. The molecule has 0 unspecified atom stereocenters.